The van der Waals surface area contributed by atoms with Crippen molar-refractivity contribution in [2.45, 2.75) is 26.4 Å². The minimum absolute atomic E-state index is 0.394. The molecular formula is C6H11FO. The fourth-order valence-corrected chi connectivity index (χ4v) is 0.529. The number of carbonyl (C=O) groups excluding carboxylic acids is 1. The Balaban J connectivity index is 3.51. The molecule has 0 N–H and O–H groups in total. The zero-order valence-corrected chi connectivity index (χ0v) is 5.23. The van der Waals surface area contributed by atoms with Crippen molar-refractivity contribution in [1.29, 1.82) is 0 Å². The smallest absolute Gasteiger partial charge is 0.125 e. The van der Waals surface area contributed by atoms with E-state index in [9.17, 15) is 9.18 Å². The summed E-state index contributed by atoms with van der Waals surface area (Å²) < 4.78 is 12.1. The standard InChI is InChI=1S/C6H11FO/c1-3-6(4-8)5(2)7/h4-6H,3H2,1-2H3. The number of hydrogen-bond donors (Lipinski definition) is 0. The maximum absolute atomic E-state index is 12.1. The van der Waals surface area contributed by atoms with Gasteiger partial charge in [0.1, 0.15) is 12.5 Å². The summed E-state index contributed by atoms with van der Waals surface area (Å²) in [5, 5.41) is 0. The van der Waals surface area contributed by atoms with Crippen LogP contribution in [-0.2, 0) is 4.79 Å². The third-order valence-corrected chi connectivity index (χ3v) is 1.24. The maximum atomic E-state index is 12.1. The number of carbonyl (C=O) groups is 1. The Morgan fingerprint density at radius 2 is 2.25 bits per heavy atom. The van der Waals surface area contributed by atoms with Gasteiger partial charge in [-0.15, -0.1) is 0 Å². The average molecular weight is 118 g/mol. The monoisotopic (exact) mass is 118 g/mol. The highest BCUT2D eigenvalue weighted by molar-refractivity contribution is 5.54. The number of rotatable bonds is 3. The Bertz CT molecular complexity index is 70.9. The van der Waals surface area contributed by atoms with Gasteiger partial charge in [-0.1, -0.05) is 6.92 Å². The van der Waals surface area contributed by atoms with Crippen LogP contribution in [0.2, 0.25) is 0 Å². The van der Waals surface area contributed by atoms with E-state index in [-0.39, 0.29) is 0 Å². The van der Waals surface area contributed by atoms with Crippen LogP contribution in [0.25, 0.3) is 0 Å². The summed E-state index contributed by atoms with van der Waals surface area (Å²) in [6.45, 7) is 3.21. The quantitative estimate of drug-likeness (QED) is 0.514. The summed E-state index contributed by atoms with van der Waals surface area (Å²) in [5.74, 6) is -0.394. The third kappa shape index (κ3) is 2.05. The van der Waals surface area contributed by atoms with Crippen molar-refractivity contribution in [2.24, 2.45) is 5.92 Å². The number of halogens is 1. The predicted molar refractivity (Wildman–Crippen MR) is 30.4 cm³/mol. The van der Waals surface area contributed by atoms with Crippen LogP contribution in [0.4, 0.5) is 4.39 Å². The van der Waals surface area contributed by atoms with Gasteiger partial charge in [0.25, 0.3) is 0 Å². The highest BCUT2D eigenvalue weighted by atomic mass is 19.1. The lowest BCUT2D eigenvalue weighted by molar-refractivity contribution is -0.112. The van der Waals surface area contributed by atoms with E-state index in [0.29, 0.717) is 12.7 Å². The van der Waals surface area contributed by atoms with Crippen molar-refractivity contribution in [3.8, 4) is 0 Å². The summed E-state index contributed by atoms with van der Waals surface area (Å²) in [4.78, 5) is 9.94. The lowest BCUT2D eigenvalue weighted by atomic mass is 10.0. The lowest BCUT2D eigenvalue weighted by Crippen LogP contribution is -2.11. The highest BCUT2D eigenvalue weighted by Gasteiger charge is 2.11. The Labute approximate surface area is 48.9 Å². The first kappa shape index (κ1) is 7.60. The molecule has 0 aliphatic heterocycles. The molecule has 0 aromatic heterocycles. The van der Waals surface area contributed by atoms with E-state index in [0.717, 1.165) is 0 Å². The van der Waals surface area contributed by atoms with Crippen molar-refractivity contribution in [2.75, 3.05) is 0 Å². The predicted octanol–water partition coefficient (Wildman–Crippen LogP) is 1.57. The fourth-order valence-electron chi connectivity index (χ4n) is 0.529. The Hall–Kier alpha value is -0.400. The van der Waals surface area contributed by atoms with Gasteiger partial charge in [-0.3, -0.25) is 0 Å². The van der Waals surface area contributed by atoms with E-state index >= 15 is 0 Å². The molecule has 0 spiro atoms. The molecule has 0 aliphatic carbocycles. The molecule has 48 valence electrons. The molecule has 2 unspecified atom stereocenters. The van der Waals surface area contributed by atoms with E-state index in [1.807, 2.05) is 0 Å². The van der Waals surface area contributed by atoms with Gasteiger partial charge in [0, 0.05) is 5.92 Å². The van der Waals surface area contributed by atoms with Crippen molar-refractivity contribution in [1.82, 2.24) is 0 Å². The summed E-state index contributed by atoms with van der Waals surface area (Å²) in [6.07, 6.45) is 0.281. The van der Waals surface area contributed by atoms with Crippen LogP contribution in [0.15, 0.2) is 0 Å². The van der Waals surface area contributed by atoms with Crippen LogP contribution in [0, 0.1) is 5.92 Å². The topological polar surface area (TPSA) is 17.1 Å². The fraction of sp³-hybridized carbons (Fsp3) is 0.833. The molecule has 0 bridgehead atoms. The molecular weight excluding hydrogens is 107 g/mol. The second-order valence-electron chi connectivity index (χ2n) is 1.89. The van der Waals surface area contributed by atoms with E-state index in [4.69, 9.17) is 0 Å². The zero-order chi connectivity index (χ0) is 6.57. The highest BCUT2D eigenvalue weighted by Crippen LogP contribution is 2.07. The largest absolute Gasteiger partial charge is 0.303 e. The van der Waals surface area contributed by atoms with Gasteiger partial charge in [0.2, 0.25) is 0 Å². The van der Waals surface area contributed by atoms with E-state index < -0.39 is 12.1 Å². The second kappa shape index (κ2) is 3.58. The van der Waals surface area contributed by atoms with Crippen molar-refractivity contribution in [3.63, 3.8) is 0 Å². The molecule has 0 saturated heterocycles. The molecule has 2 atom stereocenters. The Kier molecular flexibility index (Phi) is 3.40. The van der Waals surface area contributed by atoms with E-state index in [1.54, 1.807) is 6.92 Å². The van der Waals surface area contributed by atoms with Gasteiger partial charge >= 0.3 is 0 Å². The first-order valence-electron chi connectivity index (χ1n) is 2.81. The van der Waals surface area contributed by atoms with Crippen LogP contribution >= 0.6 is 0 Å². The Morgan fingerprint density at radius 1 is 1.75 bits per heavy atom. The van der Waals surface area contributed by atoms with Crippen LogP contribution in [0.3, 0.4) is 0 Å². The van der Waals surface area contributed by atoms with Crippen molar-refractivity contribution < 1.29 is 9.18 Å². The summed E-state index contributed by atoms with van der Waals surface area (Å²) in [6, 6.07) is 0. The molecule has 0 fully saturated rings. The molecule has 0 aromatic rings. The van der Waals surface area contributed by atoms with Gasteiger partial charge in [-0.05, 0) is 13.3 Å². The molecule has 0 heterocycles. The third-order valence-electron chi connectivity index (χ3n) is 1.24. The molecule has 0 aliphatic rings. The summed E-state index contributed by atoms with van der Waals surface area (Å²) in [5.41, 5.74) is 0. The SMILES string of the molecule is CCC(C=O)C(C)F. The minimum atomic E-state index is -0.988. The maximum Gasteiger partial charge on any atom is 0.125 e. The van der Waals surface area contributed by atoms with Crippen LogP contribution in [0.5, 0.6) is 0 Å². The molecule has 8 heavy (non-hydrogen) atoms. The lowest BCUT2D eigenvalue weighted by Gasteiger charge is -2.05. The number of aldehydes is 1. The summed E-state index contributed by atoms with van der Waals surface area (Å²) in [7, 11) is 0. The van der Waals surface area contributed by atoms with Crippen LogP contribution in [0.1, 0.15) is 20.3 Å². The van der Waals surface area contributed by atoms with Gasteiger partial charge in [-0.25, -0.2) is 4.39 Å². The average Bonchev–Trinajstić information content (AvgIpc) is 1.69. The first-order valence-corrected chi connectivity index (χ1v) is 2.81. The van der Waals surface area contributed by atoms with Crippen molar-refractivity contribution in [3.05, 3.63) is 0 Å². The van der Waals surface area contributed by atoms with E-state index in [2.05, 4.69) is 0 Å². The van der Waals surface area contributed by atoms with Gasteiger partial charge in [-0.2, -0.15) is 0 Å². The van der Waals surface area contributed by atoms with Crippen molar-refractivity contribution >= 4 is 6.29 Å². The Morgan fingerprint density at radius 3 is 2.25 bits per heavy atom. The van der Waals surface area contributed by atoms with Crippen LogP contribution < -0.4 is 0 Å². The minimum Gasteiger partial charge on any atom is -0.303 e. The van der Waals surface area contributed by atoms with Gasteiger partial charge in [0.05, 0.1) is 0 Å². The first-order chi connectivity index (χ1) is 3.72. The second-order valence-corrected chi connectivity index (χ2v) is 1.89. The van der Waals surface area contributed by atoms with Gasteiger partial charge in [0.15, 0.2) is 0 Å². The normalized spacial score (nSPS) is 17.4. The van der Waals surface area contributed by atoms with E-state index in [1.165, 1.54) is 6.92 Å². The molecule has 0 aromatic carbocycles. The molecule has 0 radical (unpaired) electrons. The summed E-state index contributed by atoms with van der Waals surface area (Å²) >= 11 is 0. The van der Waals surface area contributed by atoms with Gasteiger partial charge < -0.3 is 4.79 Å². The number of hydrogen-bond acceptors (Lipinski definition) is 1. The molecule has 0 rings (SSSR count). The molecule has 0 saturated carbocycles. The molecule has 1 nitrogen and oxygen atoms in total. The molecule has 2 heteroatoms. The molecule has 0 amide bonds. The van der Waals surface area contributed by atoms with Crippen LogP contribution in [-0.4, -0.2) is 12.5 Å². The zero-order valence-electron chi connectivity index (χ0n) is 5.23. The number of alkyl halides is 1.